The van der Waals surface area contributed by atoms with Gasteiger partial charge in [0.05, 0.1) is 5.60 Å². The van der Waals surface area contributed by atoms with Crippen molar-refractivity contribution in [2.45, 2.75) is 45.3 Å². The quantitative estimate of drug-likeness (QED) is 0.571. The first-order valence-corrected chi connectivity index (χ1v) is 4.84. The molecular weight excluding hydrogens is 150 g/mol. The van der Waals surface area contributed by atoms with E-state index in [1.54, 1.807) is 0 Å². The molecule has 3 fully saturated rings. The van der Waals surface area contributed by atoms with Gasteiger partial charge in [-0.25, -0.2) is 0 Å². The van der Waals surface area contributed by atoms with Gasteiger partial charge in [-0.3, -0.25) is 0 Å². The Labute approximate surface area is 74.1 Å². The van der Waals surface area contributed by atoms with Crippen molar-refractivity contribution in [3.05, 3.63) is 0 Å². The predicted molar refractivity (Wildman–Crippen MR) is 48.6 cm³/mol. The highest BCUT2D eigenvalue weighted by Gasteiger charge is 2.61. The van der Waals surface area contributed by atoms with Crippen molar-refractivity contribution < 1.29 is 5.11 Å². The summed E-state index contributed by atoms with van der Waals surface area (Å²) >= 11 is 0. The maximum absolute atomic E-state index is 10.2. The van der Waals surface area contributed by atoms with Gasteiger partial charge in [-0.05, 0) is 37.0 Å². The average molecular weight is 169 g/mol. The minimum absolute atomic E-state index is 0.00530. The molecular formula is C10H19NO. The second-order valence-electron chi connectivity index (χ2n) is 5.37. The Bertz CT molecular complexity index is 210. The van der Waals surface area contributed by atoms with Crippen LogP contribution < -0.4 is 5.73 Å². The van der Waals surface area contributed by atoms with Gasteiger partial charge in [-0.15, -0.1) is 0 Å². The van der Waals surface area contributed by atoms with E-state index in [0.717, 1.165) is 12.3 Å². The largest absolute Gasteiger partial charge is 0.388 e. The van der Waals surface area contributed by atoms with Crippen LogP contribution in [0.4, 0.5) is 0 Å². The minimum Gasteiger partial charge on any atom is -0.388 e. The Balaban J connectivity index is 2.27. The van der Waals surface area contributed by atoms with Crippen molar-refractivity contribution in [1.82, 2.24) is 0 Å². The third-order valence-electron chi connectivity index (χ3n) is 4.47. The Hall–Kier alpha value is -0.0800. The van der Waals surface area contributed by atoms with Gasteiger partial charge < -0.3 is 10.8 Å². The van der Waals surface area contributed by atoms with Gasteiger partial charge >= 0.3 is 0 Å². The van der Waals surface area contributed by atoms with Crippen LogP contribution in [0.3, 0.4) is 0 Å². The van der Waals surface area contributed by atoms with E-state index in [9.17, 15) is 5.11 Å². The molecule has 70 valence electrons. The molecule has 2 nitrogen and oxygen atoms in total. The fourth-order valence-corrected chi connectivity index (χ4v) is 3.21. The molecule has 2 bridgehead atoms. The summed E-state index contributed by atoms with van der Waals surface area (Å²) in [6.07, 6.45) is 2.17. The van der Waals surface area contributed by atoms with E-state index in [1.807, 2.05) is 6.92 Å². The zero-order valence-corrected chi connectivity index (χ0v) is 8.17. The van der Waals surface area contributed by atoms with Crippen molar-refractivity contribution in [2.75, 3.05) is 0 Å². The molecule has 3 rings (SSSR count). The molecule has 0 aromatic heterocycles. The number of nitrogens with two attached hydrogens (primary N) is 1. The molecule has 0 amide bonds. The minimum atomic E-state index is -0.627. The van der Waals surface area contributed by atoms with Crippen molar-refractivity contribution in [3.63, 3.8) is 0 Å². The maximum Gasteiger partial charge on any atom is 0.0803 e. The molecule has 0 spiro atoms. The van der Waals surface area contributed by atoms with E-state index in [4.69, 9.17) is 5.73 Å². The van der Waals surface area contributed by atoms with Crippen LogP contribution in [-0.2, 0) is 0 Å². The summed E-state index contributed by atoms with van der Waals surface area (Å²) in [7, 11) is 0. The van der Waals surface area contributed by atoms with Crippen LogP contribution in [0.15, 0.2) is 0 Å². The summed E-state index contributed by atoms with van der Waals surface area (Å²) in [4.78, 5) is 0. The first-order chi connectivity index (χ1) is 5.37. The summed E-state index contributed by atoms with van der Waals surface area (Å²) in [5, 5.41) is 10.2. The second-order valence-corrected chi connectivity index (χ2v) is 5.37. The van der Waals surface area contributed by atoms with E-state index in [0.29, 0.717) is 11.3 Å². The van der Waals surface area contributed by atoms with Crippen molar-refractivity contribution in [2.24, 2.45) is 23.0 Å². The zero-order valence-electron chi connectivity index (χ0n) is 8.17. The third kappa shape index (κ3) is 0.775. The van der Waals surface area contributed by atoms with E-state index in [2.05, 4.69) is 13.8 Å². The summed E-state index contributed by atoms with van der Waals surface area (Å²) in [5.41, 5.74) is 5.60. The monoisotopic (exact) mass is 169 g/mol. The van der Waals surface area contributed by atoms with Crippen molar-refractivity contribution >= 4 is 0 Å². The molecule has 0 aliphatic heterocycles. The van der Waals surface area contributed by atoms with E-state index in [1.165, 1.54) is 6.42 Å². The summed E-state index contributed by atoms with van der Waals surface area (Å²) in [5.74, 6) is 1.16. The molecule has 3 saturated carbocycles. The van der Waals surface area contributed by atoms with E-state index < -0.39 is 5.60 Å². The van der Waals surface area contributed by atoms with E-state index >= 15 is 0 Å². The van der Waals surface area contributed by atoms with Crippen molar-refractivity contribution in [3.8, 4) is 0 Å². The van der Waals surface area contributed by atoms with Gasteiger partial charge in [0.15, 0.2) is 0 Å². The number of hydrogen-bond acceptors (Lipinski definition) is 2. The van der Waals surface area contributed by atoms with Crippen LogP contribution in [-0.4, -0.2) is 16.7 Å². The highest BCUT2D eigenvalue weighted by molar-refractivity contribution is 5.13. The lowest BCUT2D eigenvalue weighted by Gasteiger charge is -2.64. The zero-order chi connectivity index (χ0) is 9.15. The smallest absolute Gasteiger partial charge is 0.0803 e. The summed E-state index contributed by atoms with van der Waals surface area (Å²) in [6, 6.07) is -0.00530. The fourth-order valence-electron chi connectivity index (χ4n) is 3.21. The molecule has 2 heteroatoms. The Morgan fingerprint density at radius 1 is 1.25 bits per heavy atom. The number of rotatable bonds is 0. The Morgan fingerprint density at radius 2 is 1.83 bits per heavy atom. The normalized spacial score (nSPS) is 56.2. The van der Waals surface area contributed by atoms with Gasteiger partial charge in [-0.2, -0.15) is 0 Å². The van der Waals surface area contributed by atoms with Crippen LogP contribution in [0, 0.1) is 17.3 Å². The summed E-state index contributed by atoms with van der Waals surface area (Å²) in [6.45, 7) is 6.41. The SMILES string of the molecule is CC1(C)[C@@H]2C[C@H](N)[C@@](C)(O)[C@H]1C2. The predicted octanol–water partition coefficient (Wildman–Crippen LogP) is 1.13. The van der Waals surface area contributed by atoms with Gasteiger partial charge in [0.1, 0.15) is 0 Å². The number of hydrogen-bond donors (Lipinski definition) is 2. The lowest BCUT2D eigenvalue weighted by Crippen LogP contribution is -2.68. The molecule has 0 radical (unpaired) electrons. The Kier molecular flexibility index (Phi) is 1.45. The molecule has 0 heterocycles. The third-order valence-corrected chi connectivity index (χ3v) is 4.47. The van der Waals surface area contributed by atoms with Crippen molar-refractivity contribution in [1.29, 1.82) is 0 Å². The topological polar surface area (TPSA) is 46.2 Å². The second kappa shape index (κ2) is 2.05. The molecule has 3 aliphatic carbocycles. The van der Waals surface area contributed by atoms with Gasteiger partial charge in [0.25, 0.3) is 0 Å². The molecule has 3 aliphatic rings. The molecule has 0 aromatic rings. The van der Waals surface area contributed by atoms with E-state index in [-0.39, 0.29) is 6.04 Å². The number of aliphatic hydroxyl groups is 1. The first-order valence-electron chi connectivity index (χ1n) is 4.84. The fraction of sp³-hybridized carbons (Fsp3) is 1.00. The van der Waals surface area contributed by atoms with Crippen LogP contribution in [0.25, 0.3) is 0 Å². The van der Waals surface area contributed by atoms with Crippen LogP contribution in [0.2, 0.25) is 0 Å². The van der Waals surface area contributed by atoms with Gasteiger partial charge in [-0.1, -0.05) is 13.8 Å². The molecule has 12 heavy (non-hydrogen) atoms. The number of fused-ring (bicyclic) bond motifs is 2. The molecule has 0 aromatic carbocycles. The van der Waals surface area contributed by atoms with Gasteiger partial charge in [0, 0.05) is 6.04 Å². The van der Waals surface area contributed by atoms with Crippen LogP contribution >= 0.6 is 0 Å². The van der Waals surface area contributed by atoms with Crippen LogP contribution in [0.1, 0.15) is 33.6 Å². The molecule has 3 N–H and O–H groups in total. The molecule has 4 atom stereocenters. The lowest BCUT2D eigenvalue weighted by molar-refractivity contribution is -0.202. The standard InChI is InChI=1S/C10H19NO/c1-9(2)6-4-7(9)10(3,12)8(11)5-6/h6-8,12H,4-5,11H2,1-3H3/t6-,7-,8-,10-/m0/s1. The first kappa shape index (κ1) is 8.52. The summed E-state index contributed by atoms with van der Waals surface area (Å²) < 4.78 is 0. The maximum atomic E-state index is 10.2. The molecule has 0 unspecified atom stereocenters. The highest BCUT2D eigenvalue weighted by Crippen LogP contribution is 2.62. The van der Waals surface area contributed by atoms with Crippen LogP contribution in [0.5, 0.6) is 0 Å². The molecule has 0 saturated heterocycles. The lowest BCUT2D eigenvalue weighted by atomic mass is 9.43. The Morgan fingerprint density at radius 3 is 2.17 bits per heavy atom. The van der Waals surface area contributed by atoms with Gasteiger partial charge in [0.2, 0.25) is 0 Å². The highest BCUT2D eigenvalue weighted by atomic mass is 16.3. The average Bonchev–Trinajstić information content (AvgIpc) is 1.93.